The maximum atomic E-state index is 4.46. The smallest absolute Gasteiger partial charge is 0.206 e. The lowest BCUT2D eigenvalue weighted by atomic mass is 9.84. The van der Waals surface area contributed by atoms with Crippen LogP contribution < -0.4 is 0 Å². The van der Waals surface area contributed by atoms with Gasteiger partial charge in [-0.05, 0) is 41.3 Å². The predicted molar refractivity (Wildman–Crippen MR) is 94.4 cm³/mol. The highest BCUT2D eigenvalue weighted by atomic mass is 32.1. The summed E-state index contributed by atoms with van der Waals surface area (Å²) in [5.74, 6) is 0. The molecule has 0 fully saturated rings. The summed E-state index contributed by atoms with van der Waals surface area (Å²) in [6.45, 7) is 6.57. The van der Waals surface area contributed by atoms with Gasteiger partial charge in [0, 0.05) is 17.3 Å². The van der Waals surface area contributed by atoms with Crippen LogP contribution in [0.25, 0.3) is 22.5 Å². The van der Waals surface area contributed by atoms with Crippen molar-refractivity contribution in [1.29, 1.82) is 0 Å². The quantitative estimate of drug-likeness (QED) is 0.719. The van der Waals surface area contributed by atoms with Gasteiger partial charge in [-0.3, -0.25) is 4.98 Å². The lowest BCUT2D eigenvalue weighted by molar-refractivity contribution is 0.590. The molecule has 0 unspecified atom stereocenters. The second kappa shape index (κ2) is 6.08. The number of thiol groups is 1. The number of hydrogen-bond acceptors (Lipinski definition) is 5. The van der Waals surface area contributed by atoms with E-state index in [4.69, 9.17) is 0 Å². The fourth-order valence-corrected chi connectivity index (χ4v) is 2.48. The number of nitrogens with zero attached hydrogens (tertiary/aromatic N) is 4. The molecular weight excluding hydrogens is 304 g/mol. The van der Waals surface area contributed by atoms with E-state index in [2.05, 4.69) is 71.8 Å². The molecule has 5 heteroatoms. The van der Waals surface area contributed by atoms with Gasteiger partial charge in [0.1, 0.15) is 0 Å². The van der Waals surface area contributed by atoms with E-state index in [9.17, 15) is 0 Å². The Bertz CT molecular complexity index is 826. The van der Waals surface area contributed by atoms with Gasteiger partial charge in [0.2, 0.25) is 5.16 Å². The van der Waals surface area contributed by atoms with Gasteiger partial charge >= 0.3 is 0 Å². The van der Waals surface area contributed by atoms with Crippen LogP contribution in [0.5, 0.6) is 0 Å². The minimum Gasteiger partial charge on any atom is -0.256 e. The summed E-state index contributed by atoms with van der Waals surface area (Å²) >= 11 is 4.19. The highest BCUT2D eigenvalue weighted by Crippen LogP contribution is 2.32. The number of rotatable bonds is 2. The van der Waals surface area contributed by atoms with Crippen LogP contribution in [0.4, 0.5) is 0 Å². The molecule has 0 spiro atoms. The summed E-state index contributed by atoms with van der Waals surface area (Å²) < 4.78 is 0. The monoisotopic (exact) mass is 322 g/mol. The largest absolute Gasteiger partial charge is 0.256 e. The van der Waals surface area contributed by atoms with Crippen molar-refractivity contribution in [3.63, 3.8) is 0 Å². The van der Waals surface area contributed by atoms with Crippen LogP contribution in [-0.2, 0) is 5.41 Å². The molecular formula is C18H18N4S. The number of aromatic nitrogens is 4. The van der Waals surface area contributed by atoms with E-state index in [1.54, 1.807) is 12.4 Å². The maximum absolute atomic E-state index is 4.46. The molecule has 0 aliphatic carbocycles. The Balaban J connectivity index is 2.20. The summed E-state index contributed by atoms with van der Waals surface area (Å²) in [5, 5.41) is 8.12. The van der Waals surface area contributed by atoms with E-state index >= 15 is 0 Å². The molecule has 116 valence electrons. The number of pyridine rings is 1. The first-order valence-electron chi connectivity index (χ1n) is 7.39. The van der Waals surface area contributed by atoms with Crippen molar-refractivity contribution in [2.45, 2.75) is 31.3 Å². The third kappa shape index (κ3) is 3.56. The van der Waals surface area contributed by atoms with Gasteiger partial charge in [-0.15, -0.1) is 17.7 Å². The van der Waals surface area contributed by atoms with E-state index in [0.717, 1.165) is 22.5 Å². The van der Waals surface area contributed by atoms with Crippen LogP contribution in [0, 0.1) is 0 Å². The summed E-state index contributed by atoms with van der Waals surface area (Å²) in [5.41, 5.74) is 4.98. The number of benzene rings is 1. The molecule has 0 bridgehead atoms. The van der Waals surface area contributed by atoms with E-state index < -0.39 is 0 Å². The van der Waals surface area contributed by atoms with Crippen molar-refractivity contribution in [1.82, 2.24) is 20.2 Å². The minimum absolute atomic E-state index is 0.0177. The zero-order valence-electron chi connectivity index (χ0n) is 13.4. The van der Waals surface area contributed by atoms with E-state index in [-0.39, 0.29) is 5.41 Å². The van der Waals surface area contributed by atoms with Gasteiger partial charge in [0.15, 0.2) is 0 Å². The molecule has 0 radical (unpaired) electrons. The fourth-order valence-electron chi connectivity index (χ4n) is 2.32. The van der Waals surface area contributed by atoms with E-state index in [0.29, 0.717) is 5.16 Å². The molecule has 0 amide bonds. The maximum Gasteiger partial charge on any atom is 0.206 e. The molecule has 23 heavy (non-hydrogen) atoms. The van der Waals surface area contributed by atoms with Crippen molar-refractivity contribution in [3.05, 3.63) is 54.4 Å². The van der Waals surface area contributed by atoms with Crippen molar-refractivity contribution >= 4 is 12.6 Å². The molecule has 2 heterocycles. The van der Waals surface area contributed by atoms with Gasteiger partial charge < -0.3 is 0 Å². The van der Waals surface area contributed by atoms with Crippen molar-refractivity contribution < 1.29 is 0 Å². The SMILES string of the molecule is CC(C)(C)c1cc(-c2ccccn2)cc(-c2cnnc(S)n2)c1. The lowest BCUT2D eigenvalue weighted by Crippen LogP contribution is -2.11. The summed E-state index contributed by atoms with van der Waals surface area (Å²) in [6.07, 6.45) is 3.46. The predicted octanol–water partition coefficient (Wildman–Crippen LogP) is 4.19. The van der Waals surface area contributed by atoms with Gasteiger partial charge in [0.05, 0.1) is 17.6 Å². The zero-order chi connectivity index (χ0) is 16.4. The molecule has 0 saturated carbocycles. The normalized spacial score (nSPS) is 11.5. The van der Waals surface area contributed by atoms with Crippen LogP contribution in [-0.4, -0.2) is 20.2 Å². The molecule has 1 aromatic carbocycles. The average Bonchev–Trinajstić information content (AvgIpc) is 2.54. The summed E-state index contributed by atoms with van der Waals surface area (Å²) in [4.78, 5) is 8.83. The Labute approximate surface area is 141 Å². The Morgan fingerprint density at radius 1 is 0.957 bits per heavy atom. The van der Waals surface area contributed by atoms with Gasteiger partial charge in [0.25, 0.3) is 0 Å². The lowest BCUT2D eigenvalue weighted by Gasteiger charge is -2.21. The highest BCUT2D eigenvalue weighted by Gasteiger charge is 2.17. The second-order valence-corrected chi connectivity index (χ2v) is 6.81. The van der Waals surface area contributed by atoms with Gasteiger partial charge in [-0.1, -0.05) is 26.8 Å². The topological polar surface area (TPSA) is 51.6 Å². The minimum atomic E-state index is 0.0177. The third-order valence-electron chi connectivity index (χ3n) is 3.60. The zero-order valence-corrected chi connectivity index (χ0v) is 14.2. The molecule has 0 saturated heterocycles. The molecule has 0 aliphatic heterocycles. The Hall–Kier alpha value is -2.27. The standard InChI is InChI=1S/C18H18N4S/c1-18(2,3)14-9-12(15-6-4-5-7-19-15)8-13(10-14)16-11-20-22-17(23)21-16/h4-11H,1-3H3,(H,21,22,23). The first-order chi connectivity index (χ1) is 10.9. The van der Waals surface area contributed by atoms with Crippen molar-refractivity contribution in [2.24, 2.45) is 0 Å². The molecule has 4 nitrogen and oxygen atoms in total. The van der Waals surface area contributed by atoms with Crippen LogP contribution in [0.2, 0.25) is 0 Å². The van der Waals surface area contributed by atoms with Gasteiger partial charge in [-0.2, -0.15) is 5.10 Å². The van der Waals surface area contributed by atoms with E-state index in [1.807, 2.05) is 18.2 Å². The van der Waals surface area contributed by atoms with Crippen LogP contribution in [0.15, 0.2) is 53.9 Å². The van der Waals surface area contributed by atoms with Gasteiger partial charge in [-0.25, -0.2) is 4.98 Å². The Morgan fingerprint density at radius 3 is 2.30 bits per heavy atom. The first-order valence-corrected chi connectivity index (χ1v) is 7.84. The summed E-state index contributed by atoms with van der Waals surface area (Å²) in [7, 11) is 0. The molecule has 0 aliphatic rings. The van der Waals surface area contributed by atoms with Crippen molar-refractivity contribution in [3.8, 4) is 22.5 Å². The molecule has 0 N–H and O–H groups in total. The summed E-state index contributed by atoms with van der Waals surface area (Å²) in [6, 6.07) is 12.3. The highest BCUT2D eigenvalue weighted by molar-refractivity contribution is 7.80. The van der Waals surface area contributed by atoms with Crippen LogP contribution >= 0.6 is 12.6 Å². The molecule has 2 aromatic heterocycles. The Kier molecular flexibility index (Phi) is 4.13. The Morgan fingerprint density at radius 2 is 1.70 bits per heavy atom. The third-order valence-corrected chi connectivity index (χ3v) is 3.79. The fraction of sp³-hybridized carbons (Fsp3) is 0.222. The van der Waals surface area contributed by atoms with Crippen molar-refractivity contribution in [2.75, 3.05) is 0 Å². The first kappa shape index (κ1) is 15.6. The second-order valence-electron chi connectivity index (χ2n) is 6.41. The van der Waals surface area contributed by atoms with E-state index in [1.165, 1.54) is 5.56 Å². The molecule has 3 aromatic rings. The van der Waals surface area contributed by atoms with Crippen LogP contribution in [0.3, 0.4) is 0 Å². The molecule has 0 atom stereocenters. The number of hydrogen-bond donors (Lipinski definition) is 1. The van der Waals surface area contributed by atoms with Crippen LogP contribution in [0.1, 0.15) is 26.3 Å². The average molecular weight is 322 g/mol. The molecule has 3 rings (SSSR count).